The molecule has 2 bridgehead atoms. The Bertz CT molecular complexity index is 2040. The van der Waals surface area contributed by atoms with E-state index in [-0.39, 0.29) is 34.6 Å². The number of likely N-dealkylation sites (tertiary alicyclic amines) is 1. The number of phenols is 1. The van der Waals surface area contributed by atoms with Gasteiger partial charge in [0.2, 0.25) is 0 Å². The summed E-state index contributed by atoms with van der Waals surface area (Å²) >= 11 is 0. The van der Waals surface area contributed by atoms with Gasteiger partial charge in [0.25, 0.3) is 0 Å². The summed E-state index contributed by atoms with van der Waals surface area (Å²) in [6, 6.07) is 22.5. The molecule has 3 atom stereocenters. The lowest BCUT2D eigenvalue weighted by atomic mass is 9.95. The molecule has 0 radical (unpaired) electrons. The molecular formula is C37H35FN6O3. The molecule has 8 rings (SSSR count). The van der Waals surface area contributed by atoms with E-state index in [2.05, 4.69) is 28.2 Å². The van der Waals surface area contributed by atoms with Crippen molar-refractivity contribution in [2.24, 2.45) is 0 Å². The number of fused-ring (bicyclic) bond motifs is 4. The topological polar surface area (TPSA) is 107 Å². The molecule has 3 aliphatic rings. The number of halogens is 1. The molecule has 0 aliphatic carbocycles. The second-order valence-corrected chi connectivity index (χ2v) is 12.8. The molecule has 3 fully saturated rings. The highest BCUT2D eigenvalue weighted by molar-refractivity contribution is 6.03. The van der Waals surface area contributed by atoms with Crippen LogP contribution in [0.2, 0.25) is 0 Å². The van der Waals surface area contributed by atoms with Gasteiger partial charge in [-0.3, -0.25) is 0 Å². The van der Waals surface area contributed by atoms with E-state index in [1.807, 2.05) is 24.3 Å². The number of nitriles is 1. The Morgan fingerprint density at radius 3 is 2.55 bits per heavy atom. The van der Waals surface area contributed by atoms with Crippen molar-refractivity contribution >= 4 is 27.5 Å². The fraction of sp³-hybridized carbons (Fsp3) is 0.324. The largest absolute Gasteiger partial charge is 0.508 e. The van der Waals surface area contributed by atoms with Gasteiger partial charge in [0.15, 0.2) is 5.82 Å². The average molecular weight is 631 g/mol. The van der Waals surface area contributed by atoms with Crippen LogP contribution in [0.5, 0.6) is 23.3 Å². The van der Waals surface area contributed by atoms with E-state index in [4.69, 9.17) is 19.4 Å². The van der Waals surface area contributed by atoms with Crippen LogP contribution in [0.15, 0.2) is 66.7 Å². The van der Waals surface area contributed by atoms with Crippen LogP contribution >= 0.6 is 0 Å². The van der Waals surface area contributed by atoms with Gasteiger partial charge in [-0.05, 0) is 85.9 Å². The minimum absolute atomic E-state index is 0.00838. The fourth-order valence-corrected chi connectivity index (χ4v) is 7.40. The molecule has 0 saturated carbocycles. The lowest BCUT2D eigenvalue weighted by molar-refractivity contribution is 0.188. The Labute approximate surface area is 272 Å². The van der Waals surface area contributed by atoms with E-state index in [9.17, 15) is 10.4 Å². The summed E-state index contributed by atoms with van der Waals surface area (Å²) in [7, 11) is 2.09. The predicted octanol–water partition coefficient (Wildman–Crippen LogP) is 6.37. The number of ether oxygens (including phenoxy) is 2. The van der Waals surface area contributed by atoms with E-state index in [0.29, 0.717) is 46.8 Å². The Balaban J connectivity index is 1.36. The molecule has 5 aromatic rings. The maximum absolute atomic E-state index is 17.4. The Hall–Kier alpha value is -4.98. The number of hydrogen-bond acceptors (Lipinski definition) is 9. The van der Waals surface area contributed by atoms with Crippen LogP contribution in [-0.4, -0.2) is 71.4 Å². The van der Waals surface area contributed by atoms with Gasteiger partial charge in [0.1, 0.15) is 41.3 Å². The first-order valence-electron chi connectivity index (χ1n) is 16.2. The molecule has 238 valence electrons. The number of rotatable bonds is 7. The van der Waals surface area contributed by atoms with Gasteiger partial charge >= 0.3 is 6.01 Å². The summed E-state index contributed by atoms with van der Waals surface area (Å²) in [4.78, 5) is 14.1. The Morgan fingerprint density at radius 1 is 0.979 bits per heavy atom. The van der Waals surface area contributed by atoms with Gasteiger partial charge in [-0.1, -0.05) is 36.4 Å². The zero-order chi connectivity index (χ0) is 32.1. The summed E-state index contributed by atoms with van der Waals surface area (Å²) in [6.45, 7) is 2.86. The average Bonchev–Trinajstić information content (AvgIpc) is 3.66. The third-order valence-corrected chi connectivity index (χ3v) is 9.79. The molecule has 0 spiro atoms. The number of aromatic hydroxyl groups is 1. The number of benzene rings is 4. The fourth-order valence-electron chi connectivity index (χ4n) is 7.40. The molecule has 3 aliphatic heterocycles. The van der Waals surface area contributed by atoms with Gasteiger partial charge in [-0.25, -0.2) is 4.39 Å². The smallest absolute Gasteiger partial charge is 0.319 e. The van der Waals surface area contributed by atoms with Crippen LogP contribution in [-0.2, 0) is 0 Å². The summed E-state index contributed by atoms with van der Waals surface area (Å²) in [5, 5.41) is 26.3. The molecule has 4 heterocycles. The third kappa shape index (κ3) is 5.45. The second kappa shape index (κ2) is 12.0. The summed E-state index contributed by atoms with van der Waals surface area (Å²) in [5.41, 5.74) is 0.998. The summed E-state index contributed by atoms with van der Waals surface area (Å²) in [6.07, 6.45) is 4.27. The molecule has 10 heteroatoms. The zero-order valence-electron chi connectivity index (χ0n) is 26.1. The van der Waals surface area contributed by atoms with Crippen molar-refractivity contribution in [3.63, 3.8) is 0 Å². The predicted molar refractivity (Wildman–Crippen MR) is 179 cm³/mol. The third-order valence-electron chi connectivity index (χ3n) is 9.79. The van der Waals surface area contributed by atoms with Crippen LogP contribution in [0.3, 0.4) is 0 Å². The van der Waals surface area contributed by atoms with Gasteiger partial charge in [0, 0.05) is 36.6 Å². The second-order valence-electron chi connectivity index (χ2n) is 12.8. The van der Waals surface area contributed by atoms with E-state index in [1.54, 1.807) is 42.5 Å². The maximum Gasteiger partial charge on any atom is 0.319 e. The van der Waals surface area contributed by atoms with E-state index in [1.165, 1.54) is 0 Å². The van der Waals surface area contributed by atoms with E-state index < -0.39 is 5.82 Å². The van der Waals surface area contributed by atoms with Crippen molar-refractivity contribution in [3.8, 4) is 40.5 Å². The number of hydrogen-bond donors (Lipinski definition) is 2. The van der Waals surface area contributed by atoms with Gasteiger partial charge in [-0.15, -0.1) is 0 Å². The highest BCUT2D eigenvalue weighted by atomic mass is 19.1. The van der Waals surface area contributed by atoms with Crippen molar-refractivity contribution in [2.75, 3.05) is 38.2 Å². The normalized spacial score (nSPS) is 21.0. The number of likely N-dealkylation sites (N-methyl/N-ethyl adjacent to an activating group) is 1. The minimum Gasteiger partial charge on any atom is -0.508 e. The summed E-state index contributed by atoms with van der Waals surface area (Å²) < 4.78 is 30.1. The number of nitrogens with one attached hydrogen (secondary N) is 1. The van der Waals surface area contributed by atoms with E-state index in [0.717, 1.165) is 56.1 Å². The summed E-state index contributed by atoms with van der Waals surface area (Å²) in [5.74, 6) is 0.450. The SMILES string of the molecule is CN1CCC[C@H]1COc1nc(N2CC3CCC(C2)N3)c2cc(Oc3ccccc3C#N)c(-c3cc(O)cc4ccccc34)c(F)c2n1. The highest BCUT2D eigenvalue weighted by Gasteiger charge is 2.35. The van der Waals surface area contributed by atoms with E-state index >= 15 is 4.39 Å². The van der Waals surface area contributed by atoms with Gasteiger partial charge in [-0.2, -0.15) is 15.2 Å². The van der Waals surface area contributed by atoms with Crippen LogP contribution in [0.25, 0.3) is 32.8 Å². The number of piperazine rings is 1. The Kier molecular flexibility index (Phi) is 7.51. The molecule has 47 heavy (non-hydrogen) atoms. The first-order valence-corrected chi connectivity index (χ1v) is 16.2. The monoisotopic (exact) mass is 630 g/mol. The number of para-hydroxylation sites is 1. The standard InChI is InChI=1S/C37H35FN6O3/c1-43-14-6-9-26(43)21-46-37-41-35-30(36(42-37)44-19-24-12-13-25(20-44)40-24)17-32(47-31-11-5-3-8-23(31)18-39)33(34(35)38)29-16-27(45)15-22-7-2-4-10-28(22)29/h2-5,7-8,10-11,15-17,24-26,40,45H,6,9,12-14,19-21H2,1H3/t24?,25?,26-/m0/s1. The molecule has 9 nitrogen and oxygen atoms in total. The quantitative estimate of drug-likeness (QED) is 0.212. The minimum atomic E-state index is -0.618. The van der Waals surface area contributed by atoms with Crippen molar-refractivity contribution in [1.29, 1.82) is 5.26 Å². The Morgan fingerprint density at radius 2 is 1.77 bits per heavy atom. The van der Waals surface area contributed by atoms with Gasteiger partial charge in [0.05, 0.1) is 11.1 Å². The lowest BCUT2D eigenvalue weighted by Crippen LogP contribution is -2.51. The molecule has 4 aromatic carbocycles. The highest BCUT2D eigenvalue weighted by Crippen LogP contribution is 2.46. The van der Waals surface area contributed by atoms with Gasteiger partial charge < -0.3 is 29.7 Å². The molecule has 2 N–H and O–H groups in total. The molecule has 2 unspecified atom stereocenters. The molecule has 0 amide bonds. The van der Waals surface area contributed by atoms with Crippen LogP contribution < -0.4 is 19.7 Å². The number of phenolic OH excluding ortho intramolecular Hbond substituents is 1. The molecular weight excluding hydrogens is 595 g/mol. The number of nitrogens with zero attached hydrogens (tertiary/aromatic N) is 5. The molecule has 3 saturated heterocycles. The van der Waals surface area contributed by atoms with Crippen molar-refractivity contribution in [2.45, 2.75) is 43.8 Å². The van der Waals surface area contributed by atoms with Crippen molar-refractivity contribution in [3.05, 3.63) is 78.1 Å². The van der Waals surface area contributed by atoms with Crippen molar-refractivity contribution in [1.82, 2.24) is 20.2 Å². The lowest BCUT2D eigenvalue weighted by Gasteiger charge is -2.34. The number of anilines is 1. The maximum atomic E-state index is 17.4. The first-order chi connectivity index (χ1) is 22.9. The van der Waals surface area contributed by atoms with Crippen LogP contribution in [0.4, 0.5) is 10.2 Å². The van der Waals surface area contributed by atoms with Crippen LogP contribution in [0, 0.1) is 17.1 Å². The number of aromatic nitrogens is 2. The first kappa shape index (κ1) is 29.4. The zero-order valence-corrected chi connectivity index (χ0v) is 26.1. The van der Waals surface area contributed by atoms with Crippen molar-refractivity contribution < 1.29 is 19.0 Å². The molecule has 1 aromatic heterocycles. The van der Waals surface area contributed by atoms with Crippen LogP contribution in [0.1, 0.15) is 31.2 Å².